The summed E-state index contributed by atoms with van der Waals surface area (Å²) in [6.45, 7) is 5.70. The molecule has 1 nitrogen and oxygen atoms in total. The van der Waals surface area contributed by atoms with Crippen LogP contribution in [-0.4, -0.2) is 19.0 Å². The third-order valence-corrected chi connectivity index (χ3v) is 9.44. The first-order chi connectivity index (χ1) is 20.7. The Hall–Kier alpha value is -0.820. The predicted molar refractivity (Wildman–Crippen MR) is 192 cm³/mol. The minimum atomic E-state index is 1.08. The highest BCUT2D eigenvalue weighted by Crippen LogP contribution is 2.23. The SMILES string of the molecule is CCCCCCCCCCCCCCCCc1cccc(CN(C)C)c1CCCCCCCCCCCCCCCC. The second-order valence-electron chi connectivity index (χ2n) is 14.0. The summed E-state index contributed by atoms with van der Waals surface area (Å²) in [5, 5.41) is 0. The van der Waals surface area contributed by atoms with Crippen molar-refractivity contribution in [2.45, 2.75) is 213 Å². The van der Waals surface area contributed by atoms with E-state index in [4.69, 9.17) is 0 Å². The number of hydrogen-bond donors (Lipinski definition) is 0. The lowest BCUT2D eigenvalue weighted by atomic mass is 9.92. The van der Waals surface area contributed by atoms with E-state index >= 15 is 0 Å². The molecule has 0 heterocycles. The zero-order valence-corrected chi connectivity index (χ0v) is 29.6. The van der Waals surface area contributed by atoms with Crippen LogP contribution >= 0.6 is 0 Å². The van der Waals surface area contributed by atoms with Gasteiger partial charge in [-0.2, -0.15) is 0 Å². The standard InChI is InChI=1S/C41H77N/c1-5-7-9-11-13-15-17-19-21-23-25-27-29-31-34-39-35-33-36-40(38-42(3)4)41(39)37-32-30-28-26-24-22-20-18-16-14-12-10-8-6-2/h33,35-36H,5-32,34,37-38H2,1-4H3. The summed E-state index contributed by atoms with van der Waals surface area (Å²) in [6, 6.07) is 7.17. The van der Waals surface area contributed by atoms with Gasteiger partial charge in [-0.05, 0) is 56.5 Å². The molecule has 0 saturated carbocycles. The van der Waals surface area contributed by atoms with E-state index in [-0.39, 0.29) is 0 Å². The fourth-order valence-corrected chi connectivity index (χ4v) is 6.74. The molecule has 0 amide bonds. The van der Waals surface area contributed by atoms with Crippen LogP contribution in [0.15, 0.2) is 18.2 Å². The van der Waals surface area contributed by atoms with Gasteiger partial charge in [0.05, 0.1) is 0 Å². The average molecular weight is 584 g/mol. The fraction of sp³-hybridized carbons (Fsp3) is 0.854. The number of hydrogen-bond acceptors (Lipinski definition) is 1. The second kappa shape index (κ2) is 30.2. The van der Waals surface area contributed by atoms with E-state index in [9.17, 15) is 0 Å². The molecular weight excluding hydrogens is 506 g/mol. The topological polar surface area (TPSA) is 3.24 Å². The Morgan fingerprint density at radius 3 is 1.05 bits per heavy atom. The third kappa shape index (κ3) is 23.6. The molecule has 1 rings (SSSR count). The molecule has 1 aromatic carbocycles. The van der Waals surface area contributed by atoms with Crippen molar-refractivity contribution in [1.82, 2.24) is 4.90 Å². The second-order valence-corrected chi connectivity index (χ2v) is 14.0. The summed E-state index contributed by atoms with van der Waals surface area (Å²) in [5.74, 6) is 0. The number of benzene rings is 1. The van der Waals surface area contributed by atoms with Gasteiger partial charge in [-0.25, -0.2) is 0 Å². The quantitative estimate of drug-likeness (QED) is 0.0762. The maximum absolute atomic E-state index is 2.44. The van der Waals surface area contributed by atoms with E-state index in [1.165, 1.54) is 193 Å². The lowest BCUT2D eigenvalue weighted by molar-refractivity contribution is 0.400. The molecule has 0 N–H and O–H groups in total. The molecule has 0 aromatic heterocycles. The van der Waals surface area contributed by atoms with Crippen molar-refractivity contribution in [1.29, 1.82) is 0 Å². The van der Waals surface area contributed by atoms with Crippen molar-refractivity contribution in [3.05, 3.63) is 34.9 Å². The van der Waals surface area contributed by atoms with Gasteiger partial charge < -0.3 is 4.90 Å². The molecule has 0 aliphatic rings. The van der Waals surface area contributed by atoms with Gasteiger partial charge in [0, 0.05) is 6.54 Å². The van der Waals surface area contributed by atoms with Crippen LogP contribution in [0.25, 0.3) is 0 Å². The van der Waals surface area contributed by atoms with Crippen LogP contribution in [0.5, 0.6) is 0 Å². The maximum Gasteiger partial charge on any atom is 0.0230 e. The summed E-state index contributed by atoms with van der Waals surface area (Å²) in [6.07, 6.45) is 42.9. The highest BCUT2D eigenvalue weighted by molar-refractivity contribution is 5.35. The minimum absolute atomic E-state index is 1.08. The molecule has 0 unspecified atom stereocenters. The minimum Gasteiger partial charge on any atom is -0.305 e. The van der Waals surface area contributed by atoms with Gasteiger partial charge in [0.15, 0.2) is 0 Å². The lowest BCUT2D eigenvalue weighted by Gasteiger charge is -2.18. The summed E-state index contributed by atoms with van der Waals surface area (Å²) in [7, 11) is 4.44. The zero-order valence-electron chi connectivity index (χ0n) is 29.6. The number of rotatable bonds is 32. The van der Waals surface area contributed by atoms with Crippen LogP contribution in [-0.2, 0) is 19.4 Å². The van der Waals surface area contributed by atoms with Gasteiger partial charge >= 0.3 is 0 Å². The lowest BCUT2D eigenvalue weighted by Crippen LogP contribution is -2.13. The Bertz CT molecular complexity index is 677. The van der Waals surface area contributed by atoms with Crippen molar-refractivity contribution in [3.63, 3.8) is 0 Å². The summed E-state index contributed by atoms with van der Waals surface area (Å²) < 4.78 is 0. The normalized spacial score (nSPS) is 11.6. The highest BCUT2D eigenvalue weighted by Gasteiger charge is 2.09. The molecule has 0 saturated heterocycles. The molecule has 1 aromatic rings. The van der Waals surface area contributed by atoms with Crippen molar-refractivity contribution in [2.24, 2.45) is 0 Å². The Balaban J connectivity index is 2.17. The summed E-state index contributed by atoms with van der Waals surface area (Å²) in [4.78, 5) is 2.35. The molecule has 0 atom stereocenters. The van der Waals surface area contributed by atoms with Gasteiger partial charge in [-0.3, -0.25) is 0 Å². The molecule has 1 heteroatoms. The van der Waals surface area contributed by atoms with Crippen LogP contribution < -0.4 is 0 Å². The maximum atomic E-state index is 2.44. The van der Waals surface area contributed by atoms with Gasteiger partial charge in [0.25, 0.3) is 0 Å². The highest BCUT2D eigenvalue weighted by atomic mass is 15.0. The first-order valence-electron chi connectivity index (χ1n) is 19.4. The fourth-order valence-electron chi connectivity index (χ4n) is 6.74. The number of unbranched alkanes of at least 4 members (excludes halogenated alkanes) is 26. The first kappa shape index (κ1) is 39.2. The van der Waals surface area contributed by atoms with Crippen molar-refractivity contribution in [3.8, 4) is 0 Å². The third-order valence-electron chi connectivity index (χ3n) is 9.44. The van der Waals surface area contributed by atoms with Crippen molar-refractivity contribution >= 4 is 0 Å². The van der Waals surface area contributed by atoms with E-state index in [2.05, 4.69) is 51.0 Å². The van der Waals surface area contributed by atoms with Gasteiger partial charge in [-0.1, -0.05) is 199 Å². The average Bonchev–Trinajstić information content (AvgIpc) is 2.98. The number of nitrogens with zero attached hydrogens (tertiary/aromatic N) is 1. The zero-order chi connectivity index (χ0) is 30.4. The molecular formula is C41H77N. The predicted octanol–water partition coefficient (Wildman–Crippen LogP) is 13.8. The largest absolute Gasteiger partial charge is 0.305 e. The Morgan fingerprint density at radius 2 is 0.690 bits per heavy atom. The first-order valence-corrected chi connectivity index (χ1v) is 19.4. The summed E-state index contributed by atoms with van der Waals surface area (Å²) >= 11 is 0. The smallest absolute Gasteiger partial charge is 0.0230 e. The van der Waals surface area contributed by atoms with E-state index in [0.29, 0.717) is 0 Å². The molecule has 0 aliphatic carbocycles. The van der Waals surface area contributed by atoms with Crippen molar-refractivity contribution in [2.75, 3.05) is 14.1 Å². The molecule has 0 radical (unpaired) electrons. The van der Waals surface area contributed by atoms with Gasteiger partial charge in [0.2, 0.25) is 0 Å². The van der Waals surface area contributed by atoms with Crippen LogP contribution in [0.3, 0.4) is 0 Å². The van der Waals surface area contributed by atoms with E-state index in [1.807, 2.05) is 0 Å². The Kier molecular flexibility index (Phi) is 28.2. The molecule has 0 aliphatic heterocycles. The van der Waals surface area contributed by atoms with Crippen LogP contribution in [0.4, 0.5) is 0 Å². The molecule has 0 bridgehead atoms. The van der Waals surface area contributed by atoms with E-state index in [0.717, 1.165) is 6.54 Å². The van der Waals surface area contributed by atoms with E-state index < -0.39 is 0 Å². The summed E-state index contributed by atoms with van der Waals surface area (Å²) in [5.41, 5.74) is 4.93. The van der Waals surface area contributed by atoms with Crippen molar-refractivity contribution < 1.29 is 0 Å². The molecule has 42 heavy (non-hydrogen) atoms. The molecule has 0 spiro atoms. The van der Waals surface area contributed by atoms with Crippen LogP contribution in [0, 0.1) is 0 Å². The monoisotopic (exact) mass is 584 g/mol. The molecule has 246 valence electrons. The molecule has 0 fully saturated rings. The number of aryl methyl sites for hydroxylation is 1. The van der Waals surface area contributed by atoms with Crippen LogP contribution in [0.2, 0.25) is 0 Å². The van der Waals surface area contributed by atoms with E-state index in [1.54, 1.807) is 16.7 Å². The van der Waals surface area contributed by atoms with Gasteiger partial charge in [0.1, 0.15) is 0 Å². The van der Waals surface area contributed by atoms with Gasteiger partial charge in [-0.15, -0.1) is 0 Å². The Morgan fingerprint density at radius 1 is 0.381 bits per heavy atom. The van der Waals surface area contributed by atoms with Crippen LogP contribution in [0.1, 0.15) is 210 Å². The Labute approximate surface area is 266 Å².